The molecule has 2 aromatic heterocycles. The predicted molar refractivity (Wildman–Crippen MR) is 138 cm³/mol. The molecule has 4 aromatic rings. The van der Waals surface area contributed by atoms with Crippen molar-refractivity contribution in [3.05, 3.63) is 66.0 Å². The van der Waals surface area contributed by atoms with Gasteiger partial charge in [-0.1, -0.05) is 72.9 Å². The second-order valence-corrected chi connectivity index (χ2v) is 11.3. The molecule has 2 unspecified atom stereocenters. The number of carbonyl (C=O) groups is 1. The van der Waals surface area contributed by atoms with E-state index in [4.69, 9.17) is 0 Å². The van der Waals surface area contributed by atoms with Crippen molar-refractivity contribution in [2.75, 3.05) is 6.54 Å². The highest BCUT2D eigenvalue weighted by molar-refractivity contribution is 8.00. The zero-order chi connectivity index (χ0) is 23.2. The summed E-state index contributed by atoms with van der Waals surface area (Å²) in [6.07, 6.45) is 0. The fourth-order valence-corrected chi connectivity index (χ4v) is 6.34. The molecule has 6 nitrogen and oxygen atoms in total. The van der Waals surface area contributed by atoms with Gasteiger partial charge in [0.05, 0.1) is 21.2 Å². The van der Waals surface area contributed by atoms with Crippen LogP contribution in [0.1, 0.15) is 38.1 Å². The zero-order valence-corrected chi connectivity index (χ0v) is 21.3. The first kappa shape index (κ1) is 23.8. The minimum atomic E-state index is -0.257. The number of amides is 1. The number of benzene rings is 2. The molecule has 0 fully saturated rings. The van der Waals surface area contributed by atoms with Crippen LogP contribution in [0.4, 0.5) is 0 Å². The average Bonchev–Trinajstić information content (AvgIpc) is 3.44. The number of aromatic nitrogens is 4. The molecular weight excluding hydrogens is 470 g/mol. The van der Waals surface area contributed by atoms with Gasteiger partial charge in [0, 0.05) is 13.1 Å². The molecule has 0 aliphatic carbocycles. The maximum absolute atomic E-state index is 12.7. The lowest BCUT2D eigenvalue weighted by atomic mass is 10.0. The smallest absolute Gasteiger partial charge is 0.233 e. The highest BCUT2D eigenvalue weighted by Gasteiger charge is 2.20. The van der Waals surface area contributed by atoms with E-state index in [0.29, 0.717) is 12.3 Å². The van der Waals surface area contributed by atoms with Gasteiger partial charge in [-0.05, 0) is 37.5 Å². The van der Waals surface area contributed by atoms with Crippen LogP contribution in [0.15, 0.2) is 64.1 Å². The molecule has 0 saturated carbocycles. The molecule has 9 heteroatoms. The van der Waals surface area contributed by atoms with Crippen LogP contribution in [0, 0.1) is 0 Å². The molecule has 1 amide bonds. The molecule has 4 rings (SSSR count). The van der Waals surface area contributed by atoms with Gasteiger partial charge in [-0.2, -0.15) is 0 Å². The Hall–Kier alpha value is -2.36. The molecule has 2 atom stereocenters. The van der Waals surface area contributed by atoms with Crippen molar-refractivity contribution >= 4 is 51.0 Å². The van der Waals surface area contributed by atoms with E-state index >= 15 is 0 Å². The van der Waals surface area contributed by atoms with Crippen LogP contribution in [0.5, 0.6) is 0 Å². The third kappa shape index (κ3) is 5.96. The highest BCUT2D eigenvalue weighted by Crippen LogP contribution is 2.32. The number of nitrogens with one attached hydrogen (secondary N) is 1. The summed E-state index contributed by atoms with van der Waals surface area (Å²) in [6, 6.07) is 18.4. The lowest BCUT2D eigenvalue weighted by Crippen LogP contribution is -2.33. The van der Waals surface area contributed by atoms with E-state index in [2.05, 4.69) is 57.1 Å². The molecule has 0 aliphatic heterocycles. The van der Waals surface area contributed by atoms with Crippen molar-refractivity contribution in [2.24, 2.45) is 0 Å². The summed E-state index contributed by atoms with van der Waals surface area (Å²) in [5.74, 6) is 1.86. The minimum Gasteiger partial charge on any atom is -0.355 e. The van der Waals surface area contributed by atoms with E-state index in [1.165, 1.54) is 22.0 Å². The van der Waals surface area contributed by atoms with Crippen molar-refractivity contribution in [1.82, 2.24) is 25.1 Å². The number of para-hydroxylation sites is 1. The Morgan fingerprint density at radius 3 is 2.61 bits per heavy atom. The number of carbonyl (C=O) groups excluding carboxylic acids is 1. The summed E-state index contributed by atoms with van der Waals surface area (Å²) >= 11 is 4.82. The molecule has 0 aliphatic rings. The molecule has 172 valence electrons. The maximum atomic E-state index is 12.7. The first-order chi connectivity index (χ1) is 16.0. The van der Waals surface area contributed by atoms with Crippen molar-refractivity contribution in [3.8, 4) is 0 Å². The number of fused-ring (bicyclic) bond motifs is 1. The minimum absolute atomic E-state index is 0.0128. The Balaban J connectivity index is 1.33. The number of rotatable bonds is 10. The van der Waals surface area contributed by atoms with E-state index < -0.39 is 0 Å². The number of hydrogen-bond donors (Lipinski definition) is 1. The topological polar surface area (TPSA) is 72.7 Å². The van der Waals surface area contributed by atoms with Gasteiger partial charge in [0.15, 0.2) is 9.50 Å². The second kappa shape index (κ2) is 11.2. The third-order valence-corrected chi connectivity index (χ3v) is 8.57. The Labute approximate surface area is 206 Å². The number of thioether (sulfide) groups is 2. The monoisotopic (exact) mass is 497 g/mol. The first-order valence-electron chi connectivity index (χ1n) is 10.9. The van der Waals surface area contributed by atoms with Crippen LogP contribution >= 0.6 is 34.9 Å². The molecule has 0 radical (unpaired) electrons. The van der Waals surface area contributed by atoms with Crippen molar-refractivity contribution in [3.63, 3.8) is 0 Å². The van der Waals surface area contributed by atoms with Gasteiger partial charge in [0.25, 0.3) is 0 Å². The molecule has 33 heavy (non-hydrogen) atoms. The fraction of sp³-hybridized carbons (Fsp3) is 0.333. The first-order valence-corrected chi connectivity index (χ1v) is 13.6. The Kier molecular flexibility index (Phi) is 8.06. The molecule has 2 aromatic carbocycles. The van der Waals surface area contributed by atoms with Gasteiger partial charge >= 0.3 is 0 Å². The summed E-state index contributed by atoms with van der Waals surface area (Å²) in [6.45, 7) is 7.47. The summed E-state index contributed by atoms with van der Waals surface area (Å²) < 4.78 is 4.30. The van der Waals surface area contributed by atoms with E-state index in [0.717, 1.165) is 27.4 Å². The third-order valence-electron chi connectivity index (χ3n) is 5.31. The van der Waals surface area contributed by atoms with E-state index in [-0.39, 0.29) is 17.1 Å². The van der Waals surface area contributed by atoms with Crippen LogP contribution in [0.25, 0.3) is 10.2 Å². The summed E-state index contributed by atoms with van der Waals surface area (Å²) in [7, 11) is 0. The normalized spacial score (nSPS) is 13.2. The number of hydrogen-bond acceptors (Lipinski definition) is 7. The molecule has 1 N–H and O–H groups in total. The van der Waals surface area contributed by atoms with Gasteiger partial charge in [-0.3, -0.25) is 4.79 Å². The Morgan fingerprint density at radius 2 is 1.85 bits per heavy atom. The van der Waals surface area contributed by atoms with Gasteiger partial charge in [0.1, 0.15) is 5.82 Å². The molecule has 0 spiro atoms. The highest BCUT2D eigenvalue weighted by atomic mass is 32.2. The predicted octanol–water partition coefficient (Wildman–Crippen LogP) is 5.60. The Bertz CT molecular complexity index is 1170. The van der Waals surface area contributed by atoms with Crippen LogP contribution in [0.2, 0.25) is 0 Å². The van der Waals surface area contributed by atoms with Crippen molar-refractivity contribution in [1.29, 1.82) is 0 Å². The summed E-state index contributed by atoms with van der Waals surface area (Å²) in [4.78, 5) is 17.4. The van der Waals surface area contributed by atoms with Gasteiger partial charge in [-0.25, -0.2) is 4.98 Å². The van der Waals surface area contributed by atoms with Gasteiger partial charge in [0.2, 0.25) is 5.91 Å². The SMILES string of the molecule is CCn1c(CSc2nc3ccccc3s2)nnc1SC(C)C(=O)NCC(C)c1ccccc1. The summed E-state index contributed by atoms with van der Waals surface area (Å²) in [5.41, 5.74) is 2.25. The van der Waals surface area contributed by atoms with E-state index in [9.17, 15) is 4.79 Å². The van der Waals surface area contributed by atoms with E-state index in [1.54, 1.807) is 23.1 Å². The fourth-order valence-electron chi connectivity index (χ4n) is 3.38. The second-order valence-electron chi connectivity index (χ2n) is 7.70. The van der Waals surface area contributed by atoms with Crippen LogP contribution in [-0.2, 0) is 17.1 Å². The van der Waals surface area contributed by atoms with Crippen molar-refractivity contribution < 1.29 is 4.79 Å². The lowest BCUT2D eigenvalue weighted by Gasteiger charge is -2.16. The van der Waals surface area contributed by atoms with Gasteiger partial charge < -0.3 is 9.88 Å². The maximum Gasteiger partial charge on any atom is 0.233 e. The number of nitrogens with zero attached hydrogens (tertiary/aromatic N) is 4. The van der Waals surface area contributed by atoms with Gasteiger partial charge in [-0.15, -0.1) is 21.5 Å². The number of thiazole rings is 1. The quantitative estimate of drug-likeness (QED) is 0.288. The molecule has 0 bridgehead atoms. The standard InChI is InChI=1S/C24H27N5OS3/c1-4-29-21(15-31-24-26-19-12-8-9-13-20(19)33-24)27-28-23(29)32-17(3)22(30)25-14-16(2)18-10-6-5-7-11-18/h5-13,16-17H,4,14-15H2,1-3H3,(H,25,30). The average molecular weight is 498 g/mol. The molecule has 0 saturated heterocycles. The van der Waals surface area contributed by atoms with Crippen molar-refractivity contribution in [2.45, 2.75) is 53.7 Å². The largest absolute Gasteiger partial charge is 0.355 e. The van der Waals surface area contributed by atoms with Crippen LogP contribution in [-0.4, -0.2) is 37.5 Å². The summed E-state index contributed by atoms with van der Waals surface area (Å²) in [5, 5.41) is 12.4. The zero-order valence-electron chi connectivity index (χ0n) is 18.9. The van der Waals surface area contributed by atoms with E-state index in [1.807, 2.05) is 43.3 Å². The Morgan fingerprint density at radius 1 is 1.09 bits per heavy atom. The van der Waals surface area contributed by atoms with Crippen LogP contribution in [0.3, 0.4) is 0 Å². The van der Waals surface area contributed by atoms with Crippen LogP contribution < -0.4 is 5.32 Å². The lowest BCUT2D eigenvalue weighted by molar-refractivity contribution is -0.120. The molecular formula is C24H27N5OS3. The molecule has 2 heterocycles.